The van der Waals surface area contributed by atoms with Crippen molar-refractivity contribution in [2.24, 2.45) is 11.7 Å². The van der Waals surface area contributed by atoms with Gasteiger partial charge in [0.1, 0.15) is 0 Å². The van der Waals surface area contributed by atoms with Crippen LogP contribution in [0.15, 0.2) is 0 Å². The quantitative estimate of drug-likeness (QED) is 0.654. The molecule has 0 spiro atoms. The normalized spacial score (nSPS) is 17.2. The Balaban J connectivity index is 2.33. The molecule has 0 bridgehead atoms. The topological polar surface area (TPSA) is 58.4 Å². The summed E-state index contributed by atoms with van der Waals surface area (Å²) in [5.74, 6) is 0.803. The lowest BCUT2D eigenvalue weighted by Crippen LogP contribution is -2.47. The Morgan fingerprint density at radius 2 is 2.06 bits per heavy atom. The van der Waals surface area contributed by atoms with Crippen LogP contribution < -0.4 is 11.1 Å². The Hall–Kier alpha value is -0.610. The Labute approximate surface area is 111 Å². The van der Waals surface area contributed by atoms with Gasteiger partial charge in [0.15, 0.2) is 0 Å². The maximum Gasteiger partial charge on any atom is 0.237 e. The van der Waals surface area contributed by atoms with Crippen LogP contribution in [0.4, 0.5) is 0 Å². The molecule has 1 atom stereocenters. The van der Waals surface area contributed by atoms with Gasteiger partial charge in [0.05, 0.1) is 6.04 Å². The minimum atomic E-state index is -0.0174. The number of hydrogen-bond donors (Lipinski definition) is 2. The van der Waals surface area contributed by atoms with Crippen molar-refractivity contribution in [3.63, 3.8) is 0 Å². The van der Waals surface area contributed by atoms with E-state index in [-0.39, 0.29) is 11.9 Å². The van der Waals surface area contributed by atoms with E-state index >= 15 is 0 Å². The number of nitrogens with two attached hydrogens (primary N) is 1. The Morgan fingerprint density at radius 1 is 1.39 bits per heavy atom. The van der Waals surface area contributed by atoms with Gasteiger partial charge in [0, 0.05) is 19.1 Å². The molecule has 0 saturated heterocycles. The molecule has 1 rings (SSSR count). The van der Waals surface area contributed by atoms with Gasteiger partial charge in [-0.15, -0.1) is 0 Å². The van der Waals surface area contributed by atoms with Gasteiger partial charge in [-0.1, -0.05) is 13.8 Å². The fourth-order valence-corrected chi connectivity index (χ4v) is 2.15. The first-order chi connectivity index (χ1) is 8.56. The van der Waals surface area contributed by atoms with E-state index in [2.05, 4.69) is 24.1 Å². The van der Waals surface area contributed by atoms with E-state index in [1.807, 2.05) is 6.92 Å². The van der Waals surface area contributed by atoms with Gasteiger partial charge in [-0.25, -0.2) is 0 Å². The molecule has 0 aromatic heterocycles. The maximum absolute atomic E-state index is 12.1. The third kappa shape index (κ3) is 5.36. The second-order valence-electron chi connectivity index (χ2n) is 5.76. The zero-order valence-electron chi connectivity index (χ0n) is 12.1. The van der Waals surface area contributed by atoms with Crippen LogP contribution in [0.1, 0.15) is 46.5 Å². The first-order valence-corrected chi connectivity index (χ1v) is 7.29. The van der Waals surface area contributed by atoms with Crippen molar-refractivity contribution in [2.75, 3.05) is 19.6 Å². The second kappa shape index (κ2) is 7.74. The van der Waals surface area contributed by atoms with Crippen LogP contribution in [0.5, 0.6) is 0 Å². The van der Waals surface area contributed by atoms with Crippen LogP contribution in [-0.2, 0) is 4.79 Å². The second-order valence-corrected chi connectivity index (χ2v) is 5.76. The Bertz CT molecular complexity index is 251. The summed E-state index contributed by atoms with van der Waals surface area (Å²) in [6.45, 7) is 8.79. The number of carbonyl (C=O) groups excluding carboxylic acids is 1. The highest BCUT2D eigenvalue weighted by Crippen LogP contribution is 2.28. The molecule has 1 aliphatic carbocycles. The Kier molecular flexibility index (Phi) is 6.65. The van der Waals surface area contributed by atoms with Crippen molar-refractivity contribution in [3.05, 3.63) is 0 Å². The van der Waals surface area contributed by atoms with E-state index in [1.54, 1.807) is 0 Å². The fourth-order valence-electron chi connectivity index (χ4n) is 2.15. The highest BCUT2D eigenvalue weighted by Gasteiger charge is 2.34. The van der Waals surface area contributed by atoms with Crippen LogP contribution in [-0.4, -0.2) is 42.5 Å². The third-order valence-electron chi connectivity index (χ3n) is 3.53. The highest BCUT2D eigenvalue weighted by molar-refractivity contribution is 5.81. The number of hydrogen-bond acceptors (Lipinski definition) is 3. The van der Waals surface area contributed by atoms with Gasteiger partial charge in [-0.05, 0) is 45.1 Å². The van der Waals surface area contributed by atoms with Crippen molar-refractivity contribution < 1.29 is 4.79 Å². The average Bonchev–Trinajstić information content (AvgIpc) is 3.13. The van der Waals surface area contributed by atoms with Crippen molar-refractivity contribution in [1.82, 2.24) is 10.2 Å². The lowest BCUT2D eigenvalue weighted by atomic mass is 10.1. The van der Waals surface area contributed by atoms with Crippen molar-refractivity contribution in [2.45, 2.75) is 58.5 Å². The summed E-state index contributed by atoms with van der Waals surface area (Å²) in [4.78, 5) is 14.4. The third-order valence-corrected chi connectivity index (χ3v) is 3.53. The van der Waals surface area contributed by atoms with Gasteiger partial charge in [0.2, 0.25) is 5.91 Å². The van der Waals surface area contributed by atoms with Crippen LogP contribution in [0.3, 0.4) is 0 Å². The fraction of sp³-hybridized carbons (Fsp3) is 0.929. The molecule has 0 aromatic rings. The van der Waals surface area contributed by atoms with Crippen LogP contribution in [0.2, 0.25) is 0 Å². The van der Waals surface area contributed by atoms with E-state index < -0.39 is 0 Å². The molecule has 106 valence electrons. The number of nitrogens with zero attached hydrogens (tertiary/aromatic N) is 1. The van der Waals surface area contributed by atoms with Gasteiger partial charge in [-0.3, -0.25) is 9.69 Å². The van der Waals surface area contributed by atoms with Crippen LogP contribution in [0.25, 0.3) is 0 Å². The predicted molar refractivity (Wildman–Crippen MR) is 75.3 cm³/mol. The molecule has 18 heavy (non-hydrogen) atoms. The lowest BCUT2D eigenvalue weighted by molar-refractivity contribution is -0.126. The van der Waals surface area contributed by atoms with Crippen molar-refractivity contribution >= 4 is 5.91 Å². The largest absolute Gasteiger partial charge is 0.355 e. The van der Waals surface area contributed by atoms with Crippen LogP contribution >= 0.6 is 0 Å². The van der Waals surface area contributed by atoms with Gasteiger partial charge < -0.3 is 11.1 Å². The highest BCUT2D eigenvalue weighted by atomic mass is 16.2. The number of amides is 1. The summed E-state index contributed by atoms with van der Waals surface area (Å²) < 4.78 is 0. The van der Waals surface area contributed by atoms with E-state index in [4.69, 9.17) is 5.73 Å². The summed E-state index contributed by atoms with van der Waals surface area (Å²) in [6.07, 6.45) is 4.48. The maximum atomic E-state index is 12.1. The predicted octanol–water partition coefficient (Wildman–Crippen LogP) is 1.35. The minimum Gasteiger partial charge on any atom is -0.355 e. The molecule has 1 fully saturated rings. The van der Waals surface area contributed by atoms with Gasteiger partial charge in [0.25, 0.3) is 0 Å². The van der Waals surface area contributed by atoms with Crippen molar-refractivity contribution in [1.29, 1.82) is 0 Å². The smallest absolute Gasteiger partial charge is 0.237 e. The molecule has 1 unspecified atom stereocenters. The van der Waals surface area contributed by atoms with E-state index in [9.17, 15) is 4.79 Å². The molecule has 4 nitrogen and oxygen atoms in total. The minimum absolute atomic E-state index is 0.0174. The number of nitrogens with one attached hydrogen (secondary N) is 1. The number of carbonyl (C=O) groups is 1. The zero-order chi connectivity index (χ0) is 13.5. The van der Waals surface area contributed by atoms with Gasteiger partial charge >= 0.3 is 0 Å². The summed E-state index contributed by atoms with van der Waals surface area (Å²) in [5, 5.41) is 3.04. The van der Waals surface area contributed by atoms with E-state index in [0.717, 1.165) is 25.9 Å². The first-order valence-electron chi connectivity index (χ1n) is 7.29. The molecule has 4 heteroatoms. The summed E-state index contributed by atoms with van der Waals surface area (Å²) >= 11 is 0. The SMILES string of the molecule is CC(C)CCNC(=O)C(C)N(CCCN)C1CC1. The van der Waals surface area contributed by atoms with Gasteiger partial charge in [-0.2, -0.15) is 0 Å². The molecule has 0 aliphatic heterocycles. The summed E-state index contributed by atoms with van der Waals surface area (Å²) in [7, 11) is 0. The molecule has 1 aliphatic rings. The molecule has 0 heterocycles. The molecular formula is C14H29N3O. The Morgan fingerprint density at radius 3 is 2.56 bits per heavy atom. The van der Waals surface area contributed by atoms with E-state index in [1.165, 1.54) is 12.8 Å². The van der Waals surface area contributed by atoms with Crippen LogP contribution in [0, 0.1) is 5.92 Å². The van der Waals surface area contributed by atoms with Crippen molar-refractivity contribution in [3.8, 4) is 0 Å². The molecule has 1 saturated carbocycles. The summed E-state index contributed by atoms with van der Waals surface area (Å²) in [6, 6.07) is 0.596. The lowest BCUT2D eigenvalue weighted by Gasteiger charge is -2.28. The number of rotatable bonds is 9. The standard InChI is InChI=1S/C14H29N3O/c1-11(2)7-9-16-14(18)12(3)17(10-4-8-15)13-5-6-13/h11-13H,4-10,15H2,1-3H3,(H,16,18). The molecule has 1 amide bonds. The van der Waals surface area contributed by atoms with E-state index in [0.29, 0.717) is 18.5 Å². The zero-order valence-corrected chi connectivity index (χ0v) is 12.1. The first kappa shape index (κ1) is 15.4. The average molecular weight is 255 g/mol. The molecule has 0 aromatic carbocycles. The summed E-state index contributed by atoms with van der Waals surface area (Å²) in [5.41, 5.74) is 5.56. The molecule has 0 radical (unpaired) electrons. The molecule has 3 N–H and O–H groups in total. The monoisotopic (exact) mass is 255 g/mol. The molecular weight excluding hydrogens is 226 g/mol.